The van der Waals surface area contributed by atoms with Crippen LogP contribution < -0.4 is 5.32 Å². The zero-order chi connectivity index (χ0) is 11.4. The largest absolute Gasteiger partial charge is 0.508 e. The van der Waals surface area contributed by atoms with Gasteiger partial charge in [0.15, 0.2) is 0 Å². The van der Waals surface area contributed by atoms with Gasteiger partial charge < -0.3 is 15.4 Å². The van der Waals surface area contributed by atoms with Crippen LogP contribution in [0.1, 0.15) is 24.2 Å². The summed E-state index contributed by atoms with van der Waals surface area (Å²) in [7, 11) is 0. The Hall–Kier alpha value is -1.81. The van der Waals surface area contributed by atoms with E-state index in [0.29, 0.717) is 5.75 Å². The maximum atomic E-state index is 9.18. The Morgan fingerprint density at radius 2 is 2.12 bits per heavy atom. The molecule has 0 saturated carbocycles. The second-order valence-electron chi connectivity index (χ2n) is 3.77. The maximum absolute atomic E-state index is 9.18. The molecule has 0 aliphatic carbocycles. The summed E-state index contributed by atoms with van der Waals surface area (Å²) >= 11 is 0. The van der Waals surface area contributed by atoms with Gasteiger partial charge in [-0.05, 0) is 24.6 Å². The zero-order valence-electron chi connectivity index (χ0n) is 9.14. The first-order valence-electron chi connectivity index (χ1n) is 5.25. The van der Waals surface area contributed by atoms with E-state index in [4.69, 9.17) is 0 Å². The Kier molecular flexibility index (Phi) is 3.22. The SMILES string of the molecule is CC(NCc1cnc[nH]1)c1ccc(O)cc1. The molecule has 16 heavy (non-hydrogen) atoms. The fraction of sp³-hybridized carbons (Fsp3) is 0.250. The normalized spacial score (nSPS) is 12.6. The molecule has 0 fully saturated rings. The van der Waals surface area contributed by atoms with Crippen LogP contribution in [0.2, 0.25) is 0 Å². The van der Waals surface area contributed by atoms with Crippen molar-refractivity contribution in [3.05, 3.63) is 48.0 Å². The van der Waals surface area contributed by atoms with Gasteiger partial charge in [-0.2, -0.15) is 0 Å². The standard InChI is InChI=1S/C12H15N3O/c1-9(10-2-4-12(16)5-3-10)14-7-11-6-13-8-15-11/h2-6,8-9,14,16H,7H2,1H3,(H,13,15). The molecule has 4 nitrogen and oxygen atoms in total. The molecule has 2 rings (SSSR count). The van der Waals surface area contributed by atoms with Crippen LogP contribution in [0.25, 0.3) is 0 Å². The molecule has 0 aliphatic heterocycles. The number of phenolic OH excluding ortho intramolecular Hbond substituents is 1. The van der Waals surface area contributed by atoms with Crippen molar-refractivity contribution in [3.8, 4) is 5.75 Å². The van der Waals surface area contributed by atoms with Crippen molar-refractivity contribution in [2.75, 3.05) is 0 Å². The minimum atomic E-state index is 0.240. The van der Waals surface area contributed by atoms with E-state index in [-0.39, 0.29) is 6.04 Å². The van der Waals surface area contributed by atoms with Crippen LogP contribution in [0, 0.1) is 0 Å². The van der Waals surface area contributed by atoms with Gasteiger partial charge in [-0.1, -0.05) is 12.1 Å². The van der Waals surface area contributed by atoms with E-state index in [1.165, 1.54) is 0 Å². The van der Waals surface area contributed by atoms with E-state index < -0.39 is 0 Å². The second kappa shape index (κ2) is 4.81. The molecule has 1 aromatic carbocycles. The molecule has 0 amide bonds. The van der Waals surface area contributed by atoms with E-state index in [1.54, 1.807) is 24.7 Å². The minimum Gasteiger partial charge on any atom is -0.508 e. The van der Waals surface area contributed by atoms with Crippen molar-refractivity contribution < 1.29 is 5.11 Å². The number of H-pyrrole nitrogens is 1. The van der Waals surface area contributed by atoms with Gasteiger partial charge in [-0.25, -0.2) is 4.98 Å². The number of imidazole rings is 1. The predicted molar refractivity (Wildman–Crippen MR) is 61.9 cm³/mol. The summed E-state index contributed by atoms with van der Waals surface area (Å²) < 4.78 is 0. The molecule has 3 N–H and O–H groups in total. The number of phenols is 1. The van der Waals surface area contributed by atoms with Crippen LogP contribution in [0.4, 0.5) is 0 Å². The Morgan fingerprint density at radius 3 is 2.75 bits per heavy atom. The second-order valence-corrected chi connectivity index (χ2v) is 3.77. The van der Waals surface area contributed by atoms with Gasteiger partial charge in [0.25, 0.3) is 0 Å². The number of hydrogen-bond acceptors (Lipinski definition) is 3. The average molecular weight is 217 g/mol. The van der Waals surface area contributed by atoms with Crippen LogP contribution in [-0.2, 0) is 6.54 Å². The molecule has 1 aromatic heterocycles. The number of aromatic hydroxyl groups is 1. The Morgan fingerprint density at radius 1 is 1.38 bits per heavy atom. The van der Waals surface area contributed by atoms with Gasteiger partial charge in [0.05, 0.1) is 6.33 Å². The summed E-state index contributed by atoms with van der Waals surface area (Å²) in [6.07, 6.45) is 3.47. The van der Waals surface area contributed by atoms with Crippen molar-refractivity contribution in [3.63, 3.8) is 0 Å². The first-order valence-corrected chi connectivity index (χ1v) is 5.25. The predicted octanol–water partition coefficient (Wildman–Crippen LogP) is 1.97. The molecule has 0 aliphatic rings. The summed E-state index contributed by atoms with van der Waals surface area (Å²) in [4.78, 5) is 7.00. The fourth-order valence-electron chi connectivity index (χ4n) is 1.53. The summed E-state index contributed by atoms with van der Waals surface area (Å²) in [5, 5.41) is 12.6. The monoisotopic (exact) mass is 217 g/mol. The maximum Gasteiger partial charge on any atom is 0.115 e. The molecule has 1 heterocycles. The molecule has 1 atom stereocenters. The van der Waals surface area contributed by atoms with E-state index in [1.807, 2.05) is 12.1 Å². The minimum absolute atomic E-state index is 0.240. The average Bonchev–Trinajstić information content (AvgIpc) is 2.80. The van der Waals surface area contributed by atoms with Crippen molar-refractivity contribution >= 4 is 0 Å². The van der Waals surface area contributed by atoms with E-state index in [0.717, 1.165) is 17.8 Å². The van der Waals surface area contributed by atoms with Crippen LogP contribution in [0.5, 0.6) is 5.75 Å². The van der Waals surface area contributed by atoms with Gasteiger partial charge in [0.2, 0.25) is 0 Å². The van der Waals surface area contributed by atoms with Gasteiger partial charge in [0, 0.05) is 24.5 Å². The van der Waals surface area contributed by atoms with Crippen LogP contribution >= 0.6 is 0 Å². The molecule has 0 spiro atoms. The third-order valence-electron chi connectivity index (χ3n) is 2.55. The first-order chi connectivity index (χ1) is 7.75. The van der Waals surface area contributed by atoms with Gasteiger partial charge >= 0.3 is 0 Å². The highest BCUT2D eigenvalue weighted by Gasteiger charge is 2.04. The Balaban J connectivity index is 1.93. The zero-order valence-corrected chi connectivity index (χ0v) is 9.14. The summed E-state index contributed by atoms with van der Waals surface area (Å²) in [6, 6.07) is 7.47. The smallest absolute Gasteiger partial charge is 0.115 e. The number of hydrogen-bond donors (Lipinski definition) is 3. The number of rotatable bonds is 4. The van der Waals surface area contributed by atoms with Crippen molar-refractivity contribution in [2.24, 2.45) is 0 Å². The van der Waals surface area contributed by atoms with Crippen LogP contribution in [0.15, 0.2) is 36.8 Å². The van der Waals surface area contributed by atoms with Gasteiger partial charge in [-0.15, -0.1) is 0 Å². The van der Waals surface area contributed by atoms with Crippen molar-refractivity contribution in [1.29, 1.82) is 0 Å². The number of nitrogens with zero attached hydrogens (tertiary/aromatic N) is 1. The topological polar surface area (TPSA) is 60.9 Å². The molecule has 0 radical (unpaired) electrons. The molecule has 2 aromatic rings. The number of aromatic nitrogens is 2. The van der Waals surface area contributed by atoms with Crippen molar-refractivity contribution in [1.82, 2.24) is 15.3 Å². The molecule has 84 valence electrons. The molecule has 1 unspecified atom stereocenters. The van der Waals surface area contributed by atoms with E-state index in [9.17, 15) is 5.11 Å². The highest BCUT2D eigenvalue weighted by Crippen LogP contribution is 2.16. The number of nitrogens with one attached hydrogen (secondary N) is 2. The highest BCUT2D eigenvalue weighted by molar-refractivity contribution is 5.27. The summed E-state index contributed by atoms with van der Waals surface area (Å²) in [6.45, 7) is 2.84. The molecular weight excluding hydrogens is 202 g/mol. The fourth-order valence-corrected chi connectivity index (χ4v) is 1.53. The molecular formula is C12H15N3O. The lowest BCUT2D eigenvalue weighted by atomic mass is 10.1. The van der Waals surface area contributed by atoms with Crippen LogP contribution in [0.3, 0.4) is 0 Å². The van der Waals surface area contributed by atoms with Crippen molar-refractivity contribution in [2.45, 2.75) is 19.5 Å². The number of aromatic amines is 1. The first kappa shape index (κ1) is 10.7. The third kappa shape index (κ3) is 2.61. The molecule has 0 bridgehead atoms. The van der Waals surface area contributed by atoms with E-state index >= 15 is 0 Å². The van der Waals surface area contributed by atoms with E-state index in [2.05, 4.69) is 22.2 Å². The highest BCUT2D eigenvalue weighted by atomic mass is 16.3. The lowest BCUT2D eigenvalue weighted by Gasteiger charge is -2.13. The van der Waals surface area contributed by atoms with Crippen LogP contribution in [-0.4, -0.2) is 15.1 Å². The Bertz CT molecular complexity index is 422. The van der Waals surface area contributed by atoms with Gasteiger partial charge in [0.1, 0.15) is 5.75 Å². The number of benzene rings is 1. The summed E-state index contributed by atoms with van der Waals surface area (Å²) in [5.74, 6) is 0.296. The molecule has 4 heteroatoms. The summed E-state index contributed by atoms with van der Waals surface area (Å²) in [5.41, 5.74) is 2.21. The third-order valence-corrected chi connectivity index (χ3v) is 2.55. The lowest BCUT2D eigenvalue weighted by molar-refractivity contribution is 0.474. The van der Waals surface area contributed by atoms with Gasteiger partial charge in [-0.3, -0.25) is 0 Å². The Labute approximate surface area is 94.4 Å². The lowest BCUT2D eigenvalue weighted by Crippen LogP contribution is -2.18. The quantitative estimate of drug-likeness (QED) is 0.733. The molecule has 0 saturated heterocycles.